The molecule has 0 aliphatic rings. The Kier molecular flexibility index (Phi) is 11.5. The predicted octanol–water partition coefficient (Wildman–Crippen LogP) is 3.07. The number of hydrogen-bond acceptors (Lipinski definition) is 6. The summed E-state index contributed by atoms with van der Waals surface area (Å²) in [6.07, 6.45) is 5.71. The number of nitrogens with two attached hydrogens (primary N) is 1. The molecule has 0 saturated heterocycles. The van der Waals surface area contributed by atoms with E-state index in [1.165, 1.54) is 17.1 Å². The second-order valence-electron chi connectivity index (χ2n) is 11.3. The van der Waals surface area contributed by atoms with Crippen molar-refractivity contribution in [2.24, 2.45) is 26.9 Å². The lowest BCUT2D eigenvalue weighted by atomic mass is 10.0. The van der Waals surface area contributed by atoms with Gasteiger partial charge in [-0.2, -0.15) is 0 Å². The van der Waals surface area contributed by atoms with E-state index in [1.54, 1.807) is 65.6 Å². The number of benzene rings is 1. The SMILES string of the molecule is CCc1ccc(C(=O)N(NCCCl)c2cc(C(=O)Nc3cc(C(=O)Nc4cc(C(=O)NCCC(N)=O)n(C)c4)n(C)c3)n(C)c2)cc1C. The number of carbonyl (C=O) groups excluding carboxylic acids is 5. The Labute approximate surface area is 283 Å². The van der Waals surface area contributed by atoms with Gasteiger partial charge in [0.1, 0.15) is 17.1 Å². The van der Waals surface area contributed by atoms with Crippen molar-refractivity contribution in [3.8, 4) is 0 Å². The van der Waals surface area contributed by atoms with Crippen LogP contribution in [0.4, 0.5) is 17.1 Å². The van der Waals surface area contributed by atoms with E-state index in [2.05, 4.69) is 28.3 Å². The highest BCUT2D eigenvalue weighted by molar-refractivity contribution is 6.18. The number of anilines is 3. The van der Waals surface area contributed by atoms with Crippen LogP contribution in [0.5, 0.6) is 0 Å². The van der Waals surface area contributed by atoms with Crippen LogP contribution in [-0.4, -0.2) is 62.2 Å². The molecule has 15 heteroatoms. The van der Waals surface area contributed by atoms with Crippen molar-refractivity contribution in [2.45, 2.75) is 26.7 Å². The third-order valence-corrected chi connectivity index (χ3v) is 7.86. The molecule has 0 atom stereocenters. The molecule has 0 bridgehead atoms. The van der Waals surface area contributed by atoms with Crippen molar-refractivity contribution < 1.29 is 24.0 Å². The van der Waals surface area contributed by atoms with E-state index in [1.807, 2.05) is 19.1 Å². The fourth-order valence-corrected chi connectivity index (χ4v) is 5.27. The number of primary amides is 1. The molecule has 1 aromatic carbocycles. The summed E-state index contributed by atoms with van der Waals surface area (Å²) in [6, 6.07) is 10.2. The Balaban J connectivity index is 1.46. The van der Waals surface area contributed by atoms with Gasteiger partial charge in [-0.25, -0.2) is 10.4 Å². The van der Waals surface area contributed by atoms with Crippen LogP contribution in [0.2, 0.25) is 0 Å². The number of nitrogens with zero attached hydrogens (tertiary/aromatic N) is 4. The largest absolute Gasteiger partial charge is 0.370 e. The van der Waals surface area contributed by atoms with Gasteiger partial charge in [-0.05, 0) is 54.8 Å². The summed E-state index contributed by atoms with van der Waals surface area (Å²) in [6.45, 7) is 4.43. The molecule has 0 aliphatic carbocycles. The van der Waals surface area contributed by atoms with Gasteiger partial charge in [-0.1, -0.05) is 13.0 Å². The molecule has 0 aliphatic heterocycles. The fraction of sp³-hybridized carbons (Fsp3) is 0.303. The summed E-state index contributed by atoms with van der Waals surface area (Å²) >= 11 is 5.92. The van der Waals surface area contributed by atoms with Crippen LogP contribution in [0, 0.1) is 6.92 Å². The number of hydrazine groups is 1. The van der Waals surface area contributed by atoms with E-state index in [0.717, 1.165) is 17.5 Å². The van der Waals surface area contributed by atoms with Gasteiger partial charge in [-0.15, -0.1) is 11.6 Å². The normalized spacial score (nSPS) is 10.9. The Hall–Kier alpha value is -5.34. The maximum Gasteiger partial charge on any atom is 0.272 e. The Bertz CT molecular complexity index is 1860. The molecule has 14 nitrogen and oxygen atoms in total. The van der Waals surface area contributed by atoms with Crippen molar-refractivity contribution in [1.29, 1.82) is 0 Å². The molecule has 0 unspecified atom stereocenters. The maximum absolute atomic E-state index is 13.6. The summed E-state index contributed by atoms with van der Waals surface area (Å²) in [5, 5.41) is 9.56. The summed E-state index contributed by atoms with van der Waals surface area (Å²) < 4.78 is 4.71. The predicted molar refractivity (Wildman–Crippen MR) is 184 cm³/mol. The topological polar surface area (TPSA) is 178 Å². The first-order valence-electron chi connectivity index (χ1n) is 15.2. The molecule has 0 spiro atoms. The Morgan fingerprint density at radius 1 is 0.792 bits per heavy atom. The minimum Gasteiger partial charge on any atom is -0.370 e. The number of amides is 5. The average Bonchev–Trinajstić information content (AvgIpc) is 3.72. The number of nitrogens with one attached hydrogen (secondary N) is 4. The van der Waals surface area contributed by atoms with E-state index in [4.69, 9.17) is 17.3 Å². The van der Waals surface area contributed by atoms with Gasteiger partial charge in [0.15, 0.2) is 0 Å². The molecule has 0 radical (unpaired) electrons. The molecule has 5 amide bonds. The van der Waals surface area contributed by atoms with Gasteiger partial charge >= 0.3 is 0 Å². The van der Waals surface area contributed by atoms with Crippen molar-refractivity contribution in [2.75, 3.05) is 34.6 Å². The third-order valence-electron chi connectivity index (χ3n) is 7.67. The highest BCUT2D eigenvalue weighted by atomic mass is 35.5. The standard InChI is InChI=1S/C33H40ClN9O5/c1-6-21-7-8-22(13-20(21)2)33(48)43(37-12-10-34)25-16-28(42(5)19-25)32(47)39-24-15-27(41(4)18-24)31(46)38-23-14-26(40(3)17-23)30(45)36-11-9-29(35)44/h7-8,13-19,37H,6,9-12H2,1-5H3,(H2,35,44)(H,36,45)(H,38,46)(H,39,47). The lowest BCUT2D eigenvalue weighted by molar-refractivity contribution is -0.117. The number of alkyl halides is 1. The number of aromatic nitrogens is 3. The third kappa shape index (κ3) is 8.32. The van der Waals surface area contributed by atoms with Gasteiger partial charge in [0.25, 0.3) is 23.6 Å². The molecule has 3 aromatic heterocycles. The first-order valence-corrected chi connectivity index (χ1v) is 15.8. The van der Waals surface area contributed by atoms with Crippen LogP contribution in [0.3, 0.4) is 0 Å². The average molecular weight is 678 g/mol. The first kappa shape index (κ1) is 35.5. The van der Waals surface area contributed by atoms with Gasteiger partial charge < -0.3 is 35.4 Å². The second kappa shape index (κ2) is 15.5. The quantitative estimate of drug-likeness (QED) is 0.101. The maximum atomic E-state index is 13.6. The van der Waals surface area contributed by atoms with E-state index in [0.29, 0.717) is 29.2 Å². The zero-order valence-corrected chi connectivity index (χ0v) is 28.3. The summed E-state index contributed by atoms with van der Waals surface area (Å²) in [5.41, 5.74) is 12.8. The van der Waals surface area contributed by atoms with Crippen molar-refractivity contribution in [3.05, 3.63) is 88.8 Å². The van der Waals surface area contributed by atoms with E-state index in [9.17, 15) is 24.0 Å². The minimum absolute atomic E-state index is 0.00901. The molecule has 254 valence electrons. The molecule has 48 heavy (non-hydrogen) atoms. The number of hydrogen-bond donors (Lipinski definition) is 5. The van der Waals surface area contributed by atoms with E-state index in [-0.39, 0.29) is 41.8 Å². The monoisotopic (exact) mass is 677 g/mol. The van der Waals surface area contributed by atoms with Crippen LogP contribution in [0.1, 0.15) is 66.3 Å². The van der Waals surface area contributed by atoms with Crippen LogP contribution < -0.4 is 32.1 Å². The van der Waals surface area contributed by atoms with E-state index >= 15 is 0 Å². The zero-order valence-electron chi connectivity index (χ0n) is 27.5. The number of aryl methyl sites for hydroxylation is 5. The highest BCUT2D eigenvalue weighted by Crippen LogP contribution is 2.23. The van der Waals surface area contributed by atoms with Crippen LogP contribution in [-0.2, 0) is 32.4 Å². The van der Waals surface area contributed by atoms with Crippen LogP contribution in [0.25, 0.3) is 0 Å². The van der Waals surface area contributed by atoms with E-state index < -0.39 is 23.6 Å². The molecule has 0 saturated carbocycles. The molecular weight excluding hydrogens is 638 g/mol. The second-order valence-corrected chi connectivity index (χ2v) is 11.6. The van der Waals surface area contributed by atoms with Gasteiger partial charge in [-0.3, -0.25) is 24.0 Å². The number of carbonyl (C=O) groups is 5. The minimum atomic E-state index is -0.528. The summed E-state index contributed by atoms with van der Waals surface area (Å²) in [5.74, 6) is -1.90. The smallest absolute Gasteiger partial charge is 0.272 e. The van der Waals surface area contributed by atoms with Gasteiger partial charge in [0.2, 0.25) is 5.91 Å². The van der Waals surface area contributed by atoms with Crippen molar-refractivity contribution in [3.63, 3.8) is 0 Å². The fourth-order valence-electron chi connectivity index (χ4n) is 5.18. The Morgan fingerprint density at radius 2 is 1.35 bits per heavy atom. The van der Waals surface area contributed by atoms with Crippen LogP contribution in [0.15, 0.2) is 55.0 Å². The molecule has 3 heterocycles. The molecule has 6 N–H and O–H groups in total. The summed E-state index contributed by atoms with van der Waals surface area (Å²) in [4.78, 5) is 63.5. The lowest BCUT2D eigenvalue weighted by Gasteiger charge is -2.22. The van der Waals surface area contributed by atoms with Crippen molar-refractivity contribution >= 4 is 58.2 Å². The zero-order chi connectivity index (χ0) is 35.1. The highest BCUT2D eigenvalue weighted by Gasteiger charge is 2.23. The molecule has 0 fully saturated rings. The van der Waals surface area contributed by atoms with Gasteiger partial charge in [0, 0.05) is 70.7 Å². The van der Waals surface area contributed by atoms with Gasteiger partial charge in [0.05, 0.1) is 17.1 Å². The molecule has 4 aromatic rings. The molecule has 4 rings (SSSR count). The summed E-state index contributed by atoms with van der Waals surface area (Å²) in [7, 11) is 5.00. The lowest BCUT2D eigenvalue weighted by Crippen LogP contribution is -2.44. The van der Waals surface area contributed by atoms with Crippen molar-refractivity contribution in [1.82, 2.24) is 24.4 Å². The number of halogens is 1. The Morgan fingerprint density at radius 3 is 1.90 bits per heavy atom. The molecular formula is C33H40ClN9O5. The number of rotatable bonds is 14. The first-order chi connectivity index (χ1) is 22.8. The van der Waals surface area contributed by atoms with Crippen LogP contribution >= 0.6 is 11.6 Å².